The number of hydrogen-bond acceptors (Lipinski definition) is 6. The highest BCUT2D eigenvalue weighted by molar-refractivity contribution is 5.85. The van der Waals surface area contributed by atoms with Gasteiger partial charge in [-0.2, -0.15) is 0 Å². The molecule has 0 heterocycles. The maximum atomic E-state index is 10.3. The Morgan fingerprint density at radius 2 is 0.919 bits per heavy atom. The molecule has 0 aliphatic rings. The molecule has 2 rings (SSSR count). The largest absolute Gasteiger partial charge is 0.507 e. The van der Waals surface area contributed by atoms with E-state index in [1.807, 2.05) is 36.4 Å². The maximum absolute atomic E-state index is 10.3. The second-order valence-corrected chi connectivity index (χ2v) is 9.38. The molecular weight excluding hydrogens is 460 g/mol. The first-order chi connectivity index (χ1) is 18.0. The van der Waals surface area contributed by atoms with E-state index in [-0.39, 0.29) is 0 Å². The molecule has 2 aromatic rings. The number of aliphatic imine (C=N–C) groups is 2. The zero-order chi connectivity index (χ0) is 26.9. The number of phenolic OH excluding ortho intramolecular Hbond substituents is 2. The number of rotatable bonds is 18. The average Bonchev–Trinajstić information content (AvgIpc) is 2.90. The van der Waals surface area contributed by atoms with Crippen molar-refractivity contribution in [2.45, 2.75) is 72.6 Å². The number of aromatic hydroxyl groups is 2. The van der Waals surface area contributed by atoms with Crippen LogP contribution < -0.4 is 9.80 Å². The number of phenols is 2. The zero-order valence-electron chi connectivity index (χ0n) is 23.5. The van der Waals surface area contributed by atoms with Crippen molar-refractivity contribution in [2.24, 2.45) is 9.98 Å². The first-order valence-corrected chi connectivity index (χ1v) is 14.2. The summed E-state index contributed by atoms with van der Waals surface area (Å²) in [4.78, 5) is 13.4. The van der Waals surface area contributed by atoms with Crippen LogP contribution >= 0.6 is 0 Å². The van der Waals surface area contributed by atoms with E-state index in [0.29, 0.717) is 11.5 Å². The predicted molar refractivity (Wildman–Crippen MR) is 161 cm³/mol. The highest BCUT2D eigenvalue weighted by Crippen LogP contribution is 2.24. The van der Waals surface area contributed by atoms with Gasteiger partial charge in [0.2, 0.25) is 0 Å². The molecule has 0 atom stereocenters. The van der Waals surface area contributed by atoms with Crippen LogP contribution in [0.25, 0.3) is 0 Å². The van der Waals surface area contributed by atoms with Crippen molar-refractivity contribution < 1.29 is 10.2 Å². The minimum absolute atomic E-state index is 0.294. The quantitative estimate of drug-likeness (QED) is 0.167. The second kappa shape index (κ2) is 17.4. The summed E-state index contributed by atoms with van der Waals surface area (Å²) in [5, 5.41) is 20.6. The Bertz CT molecular complexity index is 888. The maximum Gasteiger partial charge on any atom is 0.126 e. The van der Waals surface area contributed by atoms with Gasteiger partial charge >= 0.3 is 0 Å². The summed E-state index contributed by atoms with van der Waals surface area (Å²) in [6.45, 7) is 13.8. The van der Waals surface area contributed by atoms with Crippen LogP contribution in [-0.2, 0) is 0 Å². The Kier molecular flexibility index (Phi) is 14.2. The van der Waals surface area contributed by atoms with Gasteiger partial charge in [-0.3, -0.25) is 9.98 Å². The summed E-state index contributed by atoms with van der Waals surface area (Å²) in [7, 11) is 0. The lowest BCUT2D eigenvalue weighted by Gasteiger charge is -2.21. The van der Waals surface area contributed by atoms with Crippen LogP contribution in [0.15, 0.2) is 46.4 Å². The van der Waals surface area contributed by atoms with Gasteiger partial charge in [-0.1, -0.05) is 32.1 Å². The third-order valence-corrected chi connectivity index (χ3v) is 6.82. The molecule has 0 bridgehead atoms. The van der Waals surface area contributed by atoms with Gasteiger partial charge in [0.1, 0.15) is 11.5 Å². The second-order valence-electron chi connectivity index (χ2n) is 9.38. The van der Waals surface area contributed by atoms with E-state index < -0.39 is 0 Å². The molecule has 0 spiro atoms. The fourth-order valence-corrected chi connectivity index (χ4v) is 4.47. The van der Waals surface area contributed by atoms with E-state index in [1.165, 1.54) is 32.1 Å². The van der Waals surface area contributed by atoms with Crippen molar-refractivity contribution in [3.8, 4) is 11.5 Å². The Hall–Kier alpha value is -3.02. The van der Waals surface area contributed by atoms with E-state index >= 15 is 0 Å². The number of benzene rings is 2. The third kappa shape index (κ3) is 10.5. The summed E-state index contributed by atoms with van der Waals surface area (Å²) in [5.41, 5.74) is 3.66. The van der Waals surface area contributed by atoms with Crippen LogP contribution in [0.5, 0.6) is 11.5 Å². The monoisotopic (exact) mass is 508 g/mol. The normalized spacial score (nSPS) is 11.6. The van der Waals surface area contributed by atoms with E-state index in [0.717, 1.165) is 74.6 Å². The fraction of sp³-hybridized carbons (Fsp3) is 0.548. The lowest BCUT2D eigenvalue weighted by atomic mass is 10.1. The number of nitrogens with zero attached hydrogens (tertiary/aromatic N) is 4. The molecule has 0 radical (unpaired) electrons. The SMILES string of the molecule is CCN(CC)c1ccc(/C=N\CCCCCCCCC/N=C/c2ccc(N(CC)CC)cc2O)c(O)c1. The van der Waals surface area contributed by atoms with Gasteiger partial charge in [0, 0.05) is 86.3 Å². The summed E-state index contributed by atoms with van der Waals surface area (Å²) in [5.74, 6) is 0.588. The van der Waals surface area contributed by atoms with Crippen molar-refractivity contribution in [2.75, 3.05) is 49.1 Å². The molecule has 0 amide bonds. The number of anilines is 2. The van der Waals surface area contributed by atoms with Crippen molar-refractivity contribution in [1.82, 2.24) is 0 Å². The van der Waals surface area contributed by atoms with Gasteiger partial charge in [-0.05, 0) is 64.8 Å². The van der Waals surface area contributed by atoms with Crippen LogP contribution in [0.3, 0.4) is 0 Å². The molecule has 0 aromatic heterocycles. The Morgan fingerprint density at radius 3 is 1.24 bits per heavy atom. The lowest BCUT2D eigenvalue weighted by molar-refractivity contribution is 0.474. The van der Waals surface area contributed by atoms with Crippen molar-refractivity contribution >= 4 is 23.8 Å². The van der Waals surface area contributed by atoms with Gasteiger partial charge in [-0.15, -0.1) is 0 Å². The molecule has 0 aliphatic carbocycles. The van der Waals surface area contributed by atoms with Crippen LogP contribution in [0.1, 0.15) is 83.8 Å². The van der Waals surface area contributed by atoms with E-state index in [9.17, 15) is 10.2 Å². The molecular formula is C31H48N4O2. The fourth-order valence-electron chi connectivity index (χ4n) is 4.47. The lowest BCUT2D eigenvalue weighted by Crippen LogP contribution is -2.21. The molecule has 0 aliphatic heterocycles. The van der Waals surface area contributed by atoms with E-state index in [4.69, 9.17) is 0 Å². The predicted octanol–water partition coefficient (Wildman–Crippen LogP) is 7.06. The molecule has 0 unspecified atom stereocenters. The van der Waals surface area contributed by atoms with Crippen LogP contribution in [0.4, 0.5) is 11.4 Å². The first-order valence-electron chi connectivity index (χ1n) is 14.2. The van der Waals surface area contributed by atoms with Gasteiger partial charge < -0.3 is 20.0 Å². The van der Waals surface area contributed by atoms with Gasteiger partial charge in [-0.25, -0.2) is 0 Å². The molecule has 204 valence electrons. The van der Waals surface area contributed by atoms with Crippen molar-refractivity contribution in [3.63, 3.8) is 0 Å². The minimum Gasteiger partial charge on any atom is -0.507 e. The van der Waals surface area contributed by atoms with Crippen molar-refractivity contribution in [1.29, 1.82) is 0 Å². The van der Waals surface area contributed by atoms with Crippen molar-refractivity contribution in [3.05, 3.63) is 47.5 Å². The standard InChI is InChI=1S/C31H48N4O2/c1-5-34(6-2)28-18-16-26(30(36)22-28)24-32-20-14-12-10-9-11-13-15-21-33-25-27-17-19-29(23-31(27)37)35(7-3)8-4/h16-19,22-25,36-37H,5-15,20-21H2,1-4H3/b32-24-,33-25+. The summed E-state index contributed by atoms with van der Waals surface area (Å²) in [6, 6.07) is 11.6. The highest BCUT2D eigenvalue weighted by atomic mass is 16.3. The molecule has 2 aromatic carbocycles. The third-order valence-electron chi connectivity index (χ3n) is 6.82. The summed E-state index contributed by atoms with van der Waals surface area (Å²) >= 11 is 0. The molecule has 0 saturated heterocycles. The molecule has 37 heavy (non-hydrogen) atoms. The molecule has 6 heteroatoms. The zero-order valence-corrected chi connectivity index (χ0v) is 23.5. The van der Waals surface area contributed by atoms with Crippen LogP contribution in [-0.4, -0.2) is 61.9 Å². The Morgan fingerprint density at radius 1 is 0.568 bits per heavy atom. The minimum atomic E-state index is 0.294. The van der Waals surface area contributed by atoms with Gasteiger partial charge in [0.15, 0.2) is 0 Å². The smallest absolute Gasteiger partial charge is 0.126 e. The van der Waals surface area contributed by atoms with Gasteiger partial charge in [0.05, 0.1) is 0 Å². The first kappa shape index (κ1) is 30.2. The number of unbranched alkanes of at least 4 members (excludes halogenated alkanes) is 6. The van der Waals surface area contributed by atoms with E-state index in [2.05, 4.69) is 47.5 Å². The van der Waals surface area contributed by atoms with Crippen LogP contribution in [0, 0.1) is 0 Å². The molecule has 0 saturated carbocycles. The topological polar surface area (TPSA) is 71.7 Å². The Balaban J connectivity index is 1.54. The van der Waals surface area contributed by atoms with Gasteiger partial charge in [0.25, 0.3) is 0 Å². The molecule has 2 N–H and O–H groups in total. The molecule has 6 nitrogen and oxygen atoms in total. The summed E-state index contributed by atoms with van der Waals surface area (Å²) < 4.78 is 0. The molecule has 0 fully saturated rings. The Labute approximate surface area is 224 Å². The average molecular weight is 509 g/mol. The number of hydrogen-bond donors (Lipinski definition) is 2. The summed E-state index contributed by atoms with van der Waals surface area (Å²) in [6.07, 6.45) is 11.8. The van der Waals surface area contributed by atoms with Crippen LogP contribution in [0.2, 0.25) is 0 Å². The van der Waals surface area contributed by atoms with E-state index in [1.54, 1.807) is 12.4 Å². The highest BCUT2D eigenvalue weighted by Gasteiger charge is 2.06.